The summed E-state index contributed by atoms with van der Waals surface area (Å²) >= 11 is 26.2. The van der Waals surface area contributed by atoms with Crippen molar-refractivity contribution in [2.24, 2.45) is 0 Å². The molecule has 2 amide bonds. The van der Waals surface area contributed by atoms with E-state index < -0.39 is 6.04 Å². The molecular formula is C23H26Cl4N2O2S. The molecule has 0 heterocycles. The molecule has 174 valence electrons. The van der Waals surface area contributed by atoms with Crippen molar-refractivity contribution in [1.29, 1.82) is 0 Å². The molecule has 0 saturated carbocycles. The van der Waals surface area contributed by atoms with Crippen molar-refractivity contribution in [3.05, 3.63) is 67.6 Å². The van der Waals surface area contributed by atoms with Crippen LogP contribution in [0.1, 0.15) is 37.8 Å². The predicted octanol–water partition coefficient (Wildman–Crippen LogP) is 6.87. The Bertz CT molecular complexity index is 922. The van der Waals surface area contributed by atoms with Crippen molar-refractivity contribution in [2.75, 3.05) is 12.3 Å². The average molecular weight is 536 g/mol. The maximum absolute atomic E-state index is 13.2. The van der Waals surface area contributed by atoms with Gasteiger partial charge in [-0.25, -0.2) is 0 Å². The molecular weight excluding hydrogens is 510 g/mol. The van der Waals surface area contributed by atoms with Gasteiger partial charge in [-0.2, -0.15) is 0 Å². The molecule has 1 unspecified atom stereocenters. The van der Waals surface area contributed by atoms with Gasteiger partial charge in [0.15, 0.2) is 0 Å². The first-order valence-electron chi connectivity index (χ1n) is 10.3. The third-order valence-corrected chi connectivity index (χ3v) is 7.13. The second-order valence-electron chi connectivity index (χ2n) is 7.27. The first-order valence-corrected chi connectivity index (χ1v) is 12.9. The Balaban J connectivity index is 2.12. The van der Waals surface area contributed by atoms with E-state index in [-0.39, 0.29) is 24.1 Å². The molecule has 0 aliphatic heterocycles. The smallest absolute Gasteiger partial charge is 0.242 e. The van der Waals surface area contributed by atoms with Gasteiger partial charge in [0.1, 0.15) is 6.04 Å². The highest BCUT2D eigenvalue weighted by atomic mass is 35.5. The number of unbranched alkanes of at least 4 members (excludes halogenated alkanes) is 1. The number of hydrogen-bond donors (Lipinski definition) is 1. The van der Waals surface area contributed by atoms with Crippen molar-refractivity contribution in [3.63, 3.8) is 0 Å². The number of nitrogens with one attached hydrogen (secondary N) is 1. The summed E-state index contributed by atoms with van der Waals surface area (Å²) in [6.07, 6.45) is 1.85. The molecule has 2 aromatic rings. The summed E-state index contributed by atoms with van der Waals surface area (Å²) in [6, 6.07) is 9.76. The number of carbonyl (C=O) groups excluding carboxylic acids is 2. The topological polar surface area (TPSA) is 49.4 Å². The number of carbonyl (C=O) groups is 2. The van der Waals surface area contributed by atoms with Crippen LogP contribution in [0.5, 0.6) is 0 Å². The van der Waals surface area contributed by atoms with Crippen LogP contribution < -0.4 is 5.32 Å². The van der Waals surface area contributed by atoms with Gasteiger partial charge in [0.25, 0.3) is 0 Å². The molecule has 9 heteroatoms. The van der Waals surface area contributed by atoms with E-state index in [0.29, 0.717) is 32.4 Å². The normalized spacial score (nSPS) is 11.8. The van der Waals surface area contributed by atoms with Gasteiger partial charge in [0.05, 0.1) is 5.75 Å². The molecule has 1 N–H and O–H groups in total. The molecule has 1 atom stereocenters. The summed E-state index contributed by atoms with van der Waals surface area (Å²) in [4.78, 5) is 27.4. The van der Waals surface area contributed by atoms with Crippen LogP contribution in [0.25, 0.3) is 0 Å². The highest BCUT2D eigenvalue weighted by Crippen LogP contribution is 2.29. The Morgan fingerprint density at radius 3 is 2.38 bits per heavy atom. The quantitative estimate of drug-likeness (QED) is 0.319. The van der Waals surface area contributed by atoms with Gasteiger partial charge in [-0.3, -0.25) is 9.59 Å². The Morgan fingerprint density at radius 1 is 1.06 bits per heavy atom. The number of nitrogens with zero attached hydrogens (tertiary/aromatic N) is 1. The van der Waals surface area contributed by atoms with E-state index in [0.717, 1.165) is 24.0 Å². The molecule has 0 saturated heterocycles. The van der Waals surface area contributed by atoms with Gasteiger partial charge in [0, 0.05) is 38.9 Å². The lowest BCUT2D eigenvalue weighted by atomic mass is 10.1. The standard InChI is InChI=1S/C23H26Cl4N2O2S/c1-3-4-10-28-23(31)15(2)29(12-16-8-9-17(24)11-21(16)27)22(30)14-32-13-18-19(25)6-5-7-20(18)26/h5-9,11,15H,3-4,10,12-14H2,1-2H3,(H,28,31). The van der Waals surface area contributed by atoms with E-state index in [1.165, 1.54) is 16.7 Å². The molecule has 32 heavy (non-hydrogen) atoms. The van der Waals surface area contributed by atoms with Crippen LogP contribution in [0.2, 0.25) is 20.1 Å². The Kier molecular flexibility index (Phi) is 11.5. The number of thioether (sulfide) groups is 1. The molecule has 0 aliphatic carbocycles. The highest BCUT2D eigenvalue weighted by Gasteiger charge is 2.26. The number of halogens is 4. The second-order valence-corrected chi connectivity index (χ2v) is 9.91. The summed E-state index contributed by atoms with van der Waals surface area (Å²) in [5.74, 6) is 0.273. The fourth-order valence-electron chi connectivity index (χ4n) is 2.95. The SMILES string of the molecule is CCCCNC(=O)C(C)N(Cc1ccc(Cl)cc1Cl)C(=O)CSCc1c(Cl)cccc1Cl. The maximum atomic E-state index is 13.2. The van der Waals surface area contributed by atoms with Crippen LogP contribution >= 0.6 is 58.2 Å². The lowest BCUT2D eigenvalue weighted by Crippen LogP contribution is -2.48. The molecule has 0 bridgehead atoms. The van der Waals surface area contributed by atoms with Crippen LogP contribution in [-0.2, 0) is 21.9 Å². The average Bonchev–Trinajstić information content (AvgIpc) is 2.74. The molecule has 4 nitrogen and oxygen atoms in total. The Morgan fingerprint density at radius 2 is 1.75 bits per heavy atom. The molecule has 0 fully saturated rings. The van der Waals surface area contributed by atoms with E-state index in [4.69, 9.17) is 46.4 Å². The largest absolute Gasteiger partial charge is 0.354 e. The summed E-state index contributed by atoms with van der Waals surface area (Å²) in [5.41, 5.74) is 1.50. The third-order valence-electron chi connectivity index (χ3n) is 4.89. The van der Waals surface area contributed by atoms with Gasteiger partial charge in [-0.15, -0.1) is 11.8 Å². The molecule has 0 aliphatic rings. The van der Waals surface area contributed by atoms with Crippen molar-refractivity contribution in [1.82, 2.24) is 10.2 Å². The minimum absolute atomic E-state index is 0.166. The molecule has 0 aromatic heterocycles. The summed E-state index contributed by atoms with van der Waals surface area (Å²) in [6.45, 7) is 4.54. The van der Waals surface area contributed by atoms with Crippen LogP contribution in [0, 0.1) is 0 Å². The highest BCUT2D eigenvalue weighted by molar-refractivity contribution is 7.99. The summed E-state index contributed by atoms with van der Waals surface area (Å²) in [5, 5.41) is 4.98. The first kappa shape index (κ1) is 27.1. The van der Waals surface area contributed by atoms with Crippen LogP contribution in [0.15, 0.2) is 36.4 Å². The Labute approximate surface area is 213 Å². The van der Waals surface area contributed by atoms with Gasteiger partial charge < -0.3 is 10.2 Å². The number of amides is 2. The summed E-state index contributed by atoms with van der Waals surface area (Å²) < 4.78 is 0. The van der Waals surface area contributed by atoms with E-state index >= 15 is 0 Å². The number of benzene rings is 2. The minimum Gasteiger partial charge on any atom is -0.354 e. The first-order chi connectivity index (χ1) is 15.2. The zero-order chi connectivity index (χ0) is 23.7. The van der Waals surface area contributed by atoms with E-state index in [1.54, 1.807) is 43.3 Å². The lowest BCUT2D eigenvalue weighted by Gasteiger charge is -2.29. The molecule has 2 rings (SSSR count). The fraction of sp³-hybridized carbons (Fsp3) is 0.391. The van der Waals surface area contributed by atoms with Crippen LogP contribution in [0.4, 0.5) is 0 Å². The van der Waals surface area contributed by atoms with Crippen LogP contribution in [0.3, 0.4) is 0 Å². The predicted molar refractivity (Wildman–Crippen MR) is 137 cm³/mol. The monoisotopic (exact) mass is 534 g/mol. The van der Waals surface area contributed by atoms with Crippen molar-refractivity contribution < 1.29 is 9.59 Å². The zero-order valence-corrected chi connectivity index (χ0v) is 21.8. The van der Waals surface area contributed by atoms with Crippen molar-refractivity contribution >= 4 is 70.0 Å². The van der Waals surface area contributed by atoms with E-state index in [9.17, 15) is 9.59 Å². The van der Waals surface area contributed by atoms with Gasteiger partial charge in [-0.1, -0.05) is 71.9 Å². The van der Waals surface area contributed by atoms with Crippen molar-refractivity contribution in [2.45, 2.75) is 45.0 Å². The lowest BCUT2D eigenvalue weighted by molar-refractivity contribution is -0.138. The van der Waals surface area contributed by atoms with Crippen LogP contribution in [-0.4, -0.2) is 35.1 Å². The Hall–Kier alpha value is -1.11. The minimum atomic E-state index is -0.657. The summed E-state index contributed by atoms with van der Waals surface area (Å²) in [7, 11) is 0. The van der Waals surface area contributed by atoms with E-state index in [1.807, 2.05) is 0 Å². The van der Waals surface area contributed by atoms with Gasteiger partial charge in [-0.05, 0) is 48.7 Å². The number of rotatable bonds is 11. The van der Waals surface area contributed by atoms with Crippen molar-refractivity contribution in [3.8, 4) is 0 Å². The molecule has 2 aromatic carbocycles. The number of hydrogen-bond acceptors (Lipinski definition) is 3. The molecule has 0 spiro atoms. The fourth-order valence-corrected chi connectivity index (χ4v) is 5.06. The van der Waals surface area contributed by atoms with Gasteiger partial charge in [0.2, 0.25) is 11.8 Å². The third kappa shape index (κ3) is 8.03. The molecule has 0 radical (unpaired) electrons. The van der Waals surface area contributed by atoms with Gasteiger partial charge >= 0.3 is 0 Å². The zero-order valence-electron chi connectivity index (χ0n) is 18.0. The maximum Gasteiger partial charge on any atom is 0.242 e. The van der Waals surface area contributed by atoms with E-state index in [2.05, 4.69) is 12.2 Å². The second kappa shape index (κ2) is 13.6.